The predicted molar refractivity (Wildman–Crippen MR) is 94.6 cm³/mol. The molecular weight excluding hydrogens is 370 g/mol. The third-order valence-corrected chi connectivity index (χ3v) is 7.82. The van der Waals surface area contributed by atoms with Crippen molar-refractivity contribution in [2.45, 2.75) is 17.4 Å². The Bertz CT molecular complexity index is 926. The normalized spacial score (nSPS) is 20.0. The summed E-state index contributed by atoms with van der Waals surface area (Å²) in [7, 11) is -7.12. The third kappa shape index (κ3) is 3.43. The Kier molecular flexibility index (Phi) is 4.59. The van der Waals surface area contributed by atoms with E-state index < -0.39 is 25.9 Å². The molecule has 128 valence electrons. The second-order valence-electron chi connectivity index (χ2n) is 5.65. The topological polar surface area (TPSA) is 71.5 Å². The summed E-state index contributed by atoms with van der Waals surface area (Å²) in [5.74, 6) is -0.175. The minimum absolute atomic E-state index is 0.00284. The Morgan fingerprint density at radius 2 is 1.62 bits per heavy atom. The van der Waals surface area contributed by atoms with Crippen LogP contribution in [-0.4, -0.2) is 34.4 Å². The summed E-state index contributed by atoms with van der Waals surface area (Å²) in [5.41, 5.74) is 0.453. The maximum Gasteiger partial charge on any atom is 0.264 e. The van der Waals surface area contributed by atoms with Crippen molar-refractivity contribution < 1.29 is 16.8 Å². The summed E-state index contributed by atoms with van der Waals surface area (Å²) in [5, 5.41) is 0.434. The molecule has 0 amide bonds. The first-order chi connectivity index (χ1) is 11.3. The van der Waals surface area contributed by atoms with Crippen LogP contribution in [0.4, 0.5) is 5.69 Å². The number of nitrogens with zero attached hydrogens (tertiary/aromatic N) is 1. The van der Waals surface area contributed by atoms with E-state index in [-0.39, 0.29) is 22.8 Å². The number of hydrogen-bond acceptors (Lipinski definition) is 4. The Hall–Kier alpha value is -1.57. The summed E-state index contributed by atoms with van der Waals surface area (Å²) < 4.78 is 51.2. The Morgan fingerprint density at radius 1 is 1.00 bits per heavy atom. The van der Waals surface area contributed by atoms with E-state index in [0.29, 0.717) is 10.7 Å². The molecule has 2 aromatic rings. The van der Waals surface area contributed by atoms with Gasteiger partial charge < -0.3 is 0 Å². The maximum absolute atomic E-state index is 13.1. The Labute approximate surface area is 146 Å². The second kappa shape index (κ2) is 6.38. The van der Waals surface area contributed by atoms with Gasteiger partial charge in [-0.2, -0.15) is 0 Å². The SMILES string of the molecule is O=S1(=O)CC[C@@H](N(c2ccccc2)S(=O)(=O)c2ccc(Cl)cc2)C1. The summed E-state index contributed by atoms with van der Waals surface area (Å²) >= 11 is 5.84. The second-order valence-corrected chi connectivity index (χ2v) is 10.1. The van der Waals surface area contributed by atoms with Gasteiger partial charge in [0, 0.05) is 5.02 Å². The number of anilines is 1. The largest absolute Gasteiger partial charge is 0.264 e. The van der Waals surface area contributed by atoms with Crippen molar-refractivity contribution in [3.05, 3.63) is 59.6 Å². The lowest BCUT2D eigenvalue weighted by Gasteiger charge is -2.29. The lowest BCUT2D eigenvalue weighted by Crippen LogP contribution is -2.41. The minimum atomic E-state index is -3.89. The zero-order valence-electron chi connectivity index (χ0n) is 12.7. The molecule has 0 unspecified atom stereocenters. The van der Waals surface area contributed by atoms with E-state index in [4.69, 9.17) is 11.6 Å². The van der Waals surface area contributed by atoms with Crippen molar-refractivity contribution in [2.75, 3.05) is 15.8 Å². The number of para-hydroxylation sites is 1. The van der Waals surface area contributed by atoms with Crippen LogP contribution < -0.4 is 4.31 Å². The first-order valence-electron chi connectivity index (χ1n) is 7.35. The van der Waals surface area contributed by atoms with Crippen LogP contribution in [0.15, 0.2) is 59.5 Å². The lowest BCUT2D eigenvalue weighted by molar-refractivity contribution is 0.580. The van der Waals surface area contributed by atoms with E-state index in [1.165, 1.54) is 28.6 Å². The smallest absolute Gasteiger partial charge is 0.262 e. The van der Waals surface area contributed by atoms with E-state index >= 15 is 0 Å². The average molecular weight is 386 g/mol. The molecule has 0 aromatic heterocycles. The van der Waals surface area contributed by atoms with Crippen molar-refractivity contribution in [1.82, 2.24) is 0 Å². The number of sulfonamides is 1. The molecule has 0 saturated carbocycles. The molecule has 1 heterocycles. The highest BCUT2D eigenvalue weighted by Crippen LogP contribution is 2.31. The third-order valence-electron chi connectivity index (χ3n) is 3.92. The highest BCUT2D eigenvalue weighted by Gasteiger charge is 2.38. The molecule has 3 rings (SSSR count). The van der Waals surface area contributed by atoms with E-state index in [2.05, 4.69) is 0 Å². The minimum Gasteiger partial charge on any atom is -0.262 e. The highest BCUT2D eigenvalue weighted by molar-refractivity contribution is 7.93. The van der Waals surface area contributed by atoms with Crippen molar-refractivity contribution in [3.8, 4) is 0 Å². The molecule has 8 heteroatoms. The van der Waals surface area contributed by atoms with Gasteiger partial charge in [0.1, 0.15) is 0 Å². The predicted octanol–water partition coefficient (Wildman–Crippen LogP) is 2.72. The zero-order valence-corrected chi connectivity index (χ0v) is 15.1. The van der Waals surface area contributed by atoms with Crippen LogP contribution in [0.2, 0.25) is 5.02 Å². The Morgan fingerprint density at radius 3 is 2.17 bits per heavy atom. The van der Waals surface area contributed by atoms with E-state index in [1.807, 2.05) is 0 Å². The van der Waals surface area contributed by atoms with E-state index in [1.54, 1.807) is 30.3 Å². The van der Waals surface area contributed by atoms with Crippen molar-refractivity contribution in [1.29, 1.82) is 0 Å². The van der Waals surface area contributed by atoms with Gasteiger partial charge in [0.15, 0.2) is 9.84 Å². The molecule has 24 heavy (non-hydrogen) atoms. The molecule has 1 atom stereocenters. The fourth-order valence-corrected chi connectivity index (χ4v) is 6.40. The van der Waals surface area contributed by atoms with E-state index in [9.17, 15) is 16.8 Å². The van der Waals surface area contributed by atoms with Crippen LogP contribution in [0.5, 0.6) is 0 Å². The van der Waals surface area contributed by atoms with Crippen LogP contribution in [-0.2, 0) is 19.9 Å². The molecule has 0 aliphatic carbocycles. The van der Waals surface area contributed by atoms with Gasteiger partial charge in [-0.1, -0.05) is 29.8 Å². The summed E-state index contributed by atoms with van der Waals surface area (Å²) in [4.78, 5) is 0.0834. The van der Waals surface area contributed by atoms with Crippen LogP contribution >= 0.6 is 11.6 Å². The molecule has 1 saturated heterocycles. The summed E-state index contributed by atoms with van der Waals surface area (Å²) in [6.45, 7) is 0. The molecule has 0 bridgehead atoms. The standard InChI is InChI=1S/C16H16ClNO4S2/c17-13-6-8-16(9-7-13)24(21,22)18(14-4-2-1-3-5-14)15-10-11-23(19,20)12-15/h1-9,15H,10-12H2/t15-/m1/s1. The van der Waals surface area contributed by atoms with Crippen LogP contribution in [0.3, 0.4) is 0 Å². The van der Waals surface area contributed by atoms with Gasteiger partial charge in [-0.3, -0.25) is 4.31 Å². The summed E-state index contributed by atoms with van der Waals surface area (Å²) in [6.07, 6.45) is 0.282. The van der Waals surface area contributed by atoms with Gasteiger partial charge in [0.25, 0.3) is 10.0 Å². The number of halogens is 1. The fraction of sp³-hybridized carbons (Fsp3) is 0.250. The monoisotopic (exact) mass is 385 g/mol. The summed E-state index contributed by atoms with van der Waals surface area (Å²) in [6, 6.07) is 13.8. The molecule has 2 aromatic carbocycles. The van der Waals surface area contributed by atoms with Crippen molar-refractivity contribution in [2.24, 2.45) is 0 Å². The van der Waals surface area contributed by atoms with Gasteiger partial charge in [0.05, 0.1) is 28.1 Å². The number of hydrogen-bond donors (Lipinski definition) is 0. The molecule has 0 N–H and O–H groups in total. The van der Waals surface area contributed by atoms with Crippen molar-refractivity contribution in [3.63, 3.8) is 0 Å². The number of rotatable bonds is 4. The van der Waals surface area contributed by atoms with Crippen LogP contribution in [0.1, 0.15) is 6.42 Å². The lowest BCUT2D eigenvalue weighted by atomic mass is 10.2. The van der Waals surface area contributed by atoms with Gasteiger partial charge in [-0.25, -0.2) is 16.8 Å². The number of sulfone groups is 1. The van der Waals surface area contributed by atoms with E-state index in [0.717, 1.165) is 0 Å². The van der Waals surface area contributed by atoms with Crippen molar-refractivity contribution >= 4 is 37.1 Å². The highest BCUT2D eigenvalue weighted by atomic mass is 35.5. The molecule has 0 radical (unpaired) electrons. The molecule has 1 aliphatic rings. The zero-order chi connectivity index (χ0) is 17.4. The number of benzene rings is 2. The average Bonchev–Trinajstić information content (AvgIpc) is 2.88. The molecular formula is C16H16ClNO4S2. The molecule has 1 fully saturated rings. The Balaban J connectivity index is 2.09. The van der Waals surface area contributed by atoms with Crippen LogP contribution in [0, 0.1) is 0 Å². The van der Waals surface area contributed by atoms with Gasteiger partial charge in [-0.05, 0) is 42.8 Å². The maximum atomic E-state index is 13.1. The van der Waals surface area contributed by atoms with Gasteiger partial charge >= 0.3 is 0 Å². The van der Waals surface area contributed by atoms with Gasteiger partial charge in [0.2, 0.25) is 0 Å². The first-order valence-corrected chi connectivity index (χ1v) is 11.0. The van der Waals surface area contributed by atoms with Crippen LogP contribution in [0.25, 0.3) is 0 Å². The fourth-order valence-electron chi connectivity index (χ4n) is 2.80. The molecule has 1 aliphatic heterocycles. The molecule has 0 spiro atoms. The quantitative estimate of drug-likeness (QED) is 0.811. The molecule has 5 nitrogen and oxygen atoms in total. The first kappa shape index (κ1) is 17.3. The van der Waals surface area contributed by atoms with Gasteiger partial charge in [-0.15, -0.1) is 0 Å².